The molecule has 14 rings (SSSR count). The first kappa shape index (κ1) is 57.1. The molecule has 0 unspecified atom stereocenters. The summed E-state index contributed by atoms with van der Waals surface area (Å²) in [5.41, 5.74) is 13.4. The number of nitrogens with zero attached hydrogens (tertiary/aromatic N) is 8. The molecular formula is C70H60F2N10O4. The largest absolute Gasteiger partial charge is 0.361 e. The van der Waals surface area contributed by atoms with Crippen LogP contribution < -0.4 is 22.2 Å². The molecule has 0 bridgehead atoms. The molecule has 0 amide bonds. The average Bonchev–Trinajstić information content (AvgIpc) is 1.49. The van der Waals surface area contributed by atoms with Crippen LogP contribution in [-0.2, 0) is 32.6 Å². The van der Waals surface area contributed by atoms with Crippen molar-refractivity contribution in [3.05, 3.63) is 270 Å². The molecule has 0 aliphatic carbocycles. The van der Waals surface area contributed by atoms with Gasteiger partial charge in [-0.1, -0.05) is 96.6 Å². The molecule has 14 nitrogen and oxygen atoms in total. The van der Waals surface area contributed by atoms with Gasteiger partial charge in [0, 0.05) is 78.1 Å². The number of rotatable bonds is 9. The highest BCUT2D eigenvalue weighted by molar-refractivity contribution is 5.87. The molecule has 86 heavy (non-hydrogen) atoms. The van der Waals surface area contributed by atoms with Crippen LogP contribution in [0, 0.1) is 18.6 Å². The quantitative estimate of drug-likeness (QED) is 0.144. The van der Waals surface area contributed by atoms with E-state index in [1.807, 2.05) is 161 Å². The van der Waals surface area contributed by atoms with Crippen LogP contribution in [0.15, 0.2) is 220 Å². The lowest BCUT2D eigenvalue weighted by Gasteiger charge is -2.10. The molecule has 0 aliphatic rings. The third kappa shape index (κ3) is 11.5. The highest BCUT2D eigenvalue weighted by Crippen LogP contribution is 2.26. The van der Waals surface area contributed by atoms with Crippen molar-refractivity contribution in [3.8, 4) is 33.8 Å². The van der Waals surface area contributed by atoms with Gasteiger partial charge in [-0.15, -0.1) is 0 Å². The molecule has 0 radical (unpaired) electrons. The van der Waals surface area contributed by atoms with E-state index in [1.54, 1.807) is 38.0 Å². The number of nitrogens with one attached hydrogen (secondary N) is 2. The number of H-pyrrole nitrogens is 2. The summed E-state index contributed by atoms with van der Waals surface area (Å²) < 4.78 is 34.1. The minimum absolute atomic E-state index is 0.0109. The van der Waals surface area contributed by atoms with E-state index < -0.39 is 17.2 Å². The summed E-state index contributed by atoms with van der Waals surface area (Å²) in [6.45, 7) is 12.2. The number of hydrogen-bond acceptors (Lipinski definition) is 8. The number of halogens is 2. The number of fused-ring (bicyclic) bond motifs is 6. The second-order valence-electron chi connectivity index (χ2n) is 20.4. The summed E-state index contributed by atoms with van der Waals surface area (Å²) in [6, 6.07) is 57.5. The van der Waals surface area contributed by atoms with Gasteiger partial charge in [0.05, 0.1) is 44.1 Å². The van der Waals surface area contributed by atoms with Gasteiger partial charge in [-0.3, -0.25) is 19.2 Å². The standard InChI is InChI=1S/2C18H15N3O.C18H18N2O.C16H12F2N2O/c1-2-21-16-6-4-3-5-15(16)20-17(18(21)22)13-7-8-14-12(11-13)9-10-19-14;1-2-21-16-6-4-3-5-14(16)20-17(18(21)22)13-8-7-12-9-10-19-15(12)11-13;1-3-20-17-7-5-4-6-15(17)19-16(18(20)21)12-14-10-8-13(2)9-11-14;1-2-20-14-6-4-3-5-13(14)19-15(16(20)21)11-9-10(17)7-8-12(11)18/h2*3-11,19H,2H2,1H3;4-11H,3,12H2,1-2H3;3-9H,2H2,1H3. The molecule has 0 saturated heterocycles. The number of aryl methyl sites for hydroxylation is 5. The monoisotopic (exact) mass is 1140 g/mol. The van der Waals surface area contributed by atoms with Gasteiger partial charge in [-0.25, -0.2) is 28.7 Å². The molecule has 8 aromatic carbocycles. The molecular weight excluding hydrogens is 1080 g/mol. The van der Waals surface area contributed by atoms with E-state index in [0.29, 0.717) is 60.7 Å². The molecule has 0 aliphatic heterocycles. The Morgan fingerprint density at radius 2 is 0.849 bits per heavy atom. The SMILES string of the molecule is CCn1c(=O)c(-c2cc(F)ccc2F)nc2ccccc21.CCn1c(=O)c(-c2ccc3[nH]ccc3c2)nc2ccccc21.CCn1c(=O)c(-c2ccc3cc[nH]c3c2)nc2ccccc21.CCn1c(=O)c(Cc2ccc(C)cc2)nc2ccccc21. The van der Waals surface area contributed by atoms with Gasteiger partial charge < -0.3 is 28.2 Å². The van der Waals surface area contributed by atoms with Gasteiger partial charge in [0.25, 0.3) is 22.2 Å². The van der Waals surface area contributed by atoms with Gasteiger partial charge in [0.15, 0.2) is 0 Å². The van der Waals surface area contributed by atoms with Crippen LogP contribution in [0.3, 0.4) is 0 Å². The Labute approximate surface area is 492 Å². The van der Waals surface area contributed by atoms with Crippen LogP contribution in [0.5, 0.6) is 0 Å². The highest BCUT2D eigenvalue weighted by atomic mass is 19.1. The molecule has 0 fully saturated rings. The van der Waals surface area contributed by atoms with E-state index in [2.05, 4.69) is 61.1 Å². The van der Waals surface area contributed by atoms with Crippen molar-refractivity contribution in [2.24, 2.45) is 0 Å². The molecule has 428 valence electrons. The summed E-state index contributed by atoms with van der Waals surface area (Å²) in [4.78, 5) is 75.0. The van der Waals surface area contributed by atoms with Crippen molar-refractivity contribution < 1.29 is 8.78 Å². The van der Waals surface area contributed by atoms with Crippen molar-refractivity contribution in [3.63, 3.8) is 0 Å². The summed E-state index contributed by atoms with van der Waals surface area (Å²) in [7, 11) is 0. The van der Waals surface area contributed by atoms with Gasteiger partial charge >= 0.3 is 0 Å². The van der Waals surface area contributed by atoms with Crippen LogP contribution in [-0.4, -0.2) is 48.2 Å². The summed E-state index contributed by atoms with van der Waals surface area (Å²) in [5, 5.41) is 2.20. The van der Waals surface area contributed by atoms with Crippen LogP contribution in [0.25, 0.3) is 99.7 Å². The van der Waals surface area contributed by atoms with Gasteiger partial charge in [-0.2, -0.15) is 0 Å². The maximum absolute atomic E-state index is 13.9. The Morgan fingerprint density at radius 1 is 0.407 bits per heavy atom. The first-order valence-corrected chi connectivity index (χ1v) is 28.5. The van der Waals surface area contributed by atoms with Crippen LogP contribution in [0.2, 0.25) is 0 Å². The molecule has 0 atom stereocenters. The predicted molar refractivity (Wildman–Crippen MR) is 341 cm³/mol. The maximum Gasteiger partial charge on any atom is 0.277 e. The molecule has 14 aromatic rings. The van der Waals surface area contributed by atoms with Gasteiger partial charge in [0.1, 0.15) is 34.4 Å². The third-order valence-electron chi connectivity index (χ3n) is 15.1. The number of aromatic nitrogens is 10. The minimum atomic E-state index is -0.668. The second kappa shape index (κ2) is 25.0. The molecule has 0 saturated carbocycles. The lowest BCUT2D eigenvalue weighted by molar-refractivity contribution is 0.602. The van der Waals surface area contributed by atoms with Crippen LogP contribution in [0.1, 0.15) is 44.5 Å². The van der Waals surface area contributed by atoms with Crippen molar-refractivity contribution in [1.82, 2.24) is 48.2 Å². The normalized spacial score (nSPS) is 11.2. The third-order valence-corrected chi connectivity index (χ3v) is 15.1. The fraction of sp³-hybridized carbons (Fsp3) is 0.143. The number of aromatic amines is 2. The second-order valence-corrected chi connectivity index (χ2v) is 20.4. The number of hydrogen-bond donors (Lipinski definition) is 2. The predicted octanol–water partition coefficient (Wildman–Crippen LogP) is 13.8. The van der Waals surface area contributed by atoms with Crippen molar-refractivity contribution in [2.45, 2.75) is 67.2 Å². The number of benzene rings is 8. The smallest absolute Gasteiger partial charge is 0.277 e. The zero-order chi connectivity index (χ0) is 60.0. The van der Waals surface area contributed by atoms with Crippen LogP contribution >= 0.6 is 0 Å². The first-order valence-electron chi connectivity index (χ1n) is 28.5. The lowest BCUT2D eigenvalue weighted by Crippen LogP contribution is -2.25. The van der Waals surface area contributed by atoms with Gasteiger partial charge in [-0.05, 0) is 143 Å². The molecule has 16 heteroatoms. The Bertz CT molecular complexity index is 4910. The summed E-state index contributed by atoms with van der Waals surface area (Å²) in [6.07, 6.45) is 4.36. The maximum atomic E-state index is 13.9. The van der Waals surface area contributed by atoms with Crippen molar-refractivity contribution in [2.75, 3.05) is 0 Å². The van der Waals surface area contributed by atoms with Crippen LogP contribution in [0.4, 0.5) is 8.78 Å². The van der Waals surface area contributed by atoms with E-state index in [4.69, 9.17) is 0 Å². The van der Waals surface area contributed by atoms with E-state index >= 15 is 0 Å². The van der Waals surface area contributed by atoms with Crippen molar-refractivity contribution in [1.29, 1.82) is 0 Å². The molecule has 6 aromatic heterocycles. The minimum Gasteiger partial charge on any atom is -0.361 e. The zero-order valence-corrected chi connectivity index (χ0v) is 48.1. The molecule has 2 N–H and O–H groups in total. The fourth-order valence-electron chi connectivity index (χ4n) is 10.7. The summed E-state index contributed by atoms with van der Waals surface area (Å²) in [5.74, 6) is -1.28. The fourth-order valence-corrected chi connectivity index (χ4v) is 10.7. The molecule has 0 spiro atoms. The van der Waals surface area contributed by atoms with Crippen molar-refractivity contribution >= 4 is 65.9 Å². The topological polar surface area (TPSA) is 171 Å². The first-order chi connectivity index (χ1) is 41.8. The van der Waals surface area contributed by atoms with E-state index in [9.17, 15) is 28.0 Å². The molecule has 6 heterocycles. The van der Waals surface area contributed by atoms with E-state index in [0.717, 1.165) is 89.8 Å². The van der Waals surface area contributed by atoms with Gasteiger partial charge in [0.2, 0.25) is 0 Å². The Hall–Kier alpha value is -10.7. The lowest BCUT2D eigenvalue weighted by atomic mass is 10.1. The van der Waals surface area contributed by atoms with E-state index in [-0.39, 0.29) is 27.9 Å². The summed E-state index contributed by atoms with van der Waals surface area (Å²) >= 11 is 0. The Kier molecular flexibility index (Phi) is 16.6. The Balaban J connectivity index is 0.000000119. The Morgan fingerprint density at radius 3 is 1.38 bits per heavy atom. The van der Waals surface area contributed by atoms with E-state index in [1.165, 1.54) is 10.1 Å². The zero-order valence-electron chi connectivity index (χ0n) is 48.1. The number of para-hydroxylation sites is 8. The highest BCUT2D eigenvalue weighted by Gasteiger charge is 2.18. The average molecular weight is 1140 g/mol.